The number of nitrogens with one attached hydrogen (secondary N) is 1. The topological polar surface area (TPSA) is 66.5 Å². The molecule has 0 saturated carbocycles. The van der Waals surface area contributed by atoms with Gasteiger partial charge in [0.1, 0.15) is 0 Å². The van der Waals surface area contributed by atoms with Crippen LogP contribution in [0.3, 0.4) is 0 Å². The number of rotatable bonds is 1. The number of fused-ring (bicyclic) bond motifs is 1. The van der Waals surface area contributed by atoms with E-state index in [0.717, 1.165) is 4.31 Å². The fourth-order valence-electron chi connectivity index (χ4n) is 1.72. The van der Waals surface area contributed by atoms with E-state index >= 15 is 0 Å². The average molecular weight is 275 g/mol. The molecule has 1 N–H and O–H groups in total. The summed E-state index contributed by atoms with van der Waals surface area (Å²) in [5.74, 6) is -0.537. The third kappa shape index (κ3) is 1.98. The Kier molecular flexibility index (Phi) is 2.79. The summed E-state index contributed by atoms with van der Waals surface area (Å²) in [6, 6.07) is 4.04. The summed E-state index contributed by atoms with van der Waals surface area (Å²) in [6.45, 7) is 3.27. The summed E-state index contributed by atoms with van der Waals surface area (Å²) in [5, 5.41) is 0.372. The first-order valence-electron chi connectivity index (χ1n) is 4.99. The Morgan fingerprint density at radius 1 is 1.35 bits per heavy atom. The predicted octanol–water partition coefficient (Wildman–Crippen LogP) is 1.86. The lowest BCUT2D eigenvalue weighted by atomic mass is 10.1. The van der Waals surface area contributed by atoms with Gasteiger partial charge >= 0.3 is 10.2 Å². The molecule has 92 valence electrons. The van der Waals surface area contributed by atoms with Gasteiger partial charge in [-0.15, -0.1) is 0 Å². The van der Waals surface area contributed by atoms with Crippen molar-refractivity contribution in [1.82, 2.24) is 4.31 Å². The lowest BCUT2D eigenvalue weighted by Crippen LogP contribution is -2.48. The minimum Gasteiger partial charge on any atom is -0.268 e. The van der Waals surface area contributed by atoms with Gasteiger partial charge in [-0.1, -0.05) is 11.6 Å². The molecular formula is C10H11ClN2O3S. The van der Waals surface area contributed by atoms with E-state index in [4.69, 9.17) is 11.6 Å². The molecule has 1 aliphatic rings. The number of halogens is 1. The molecule has 0 fully saturated rings. The van der Waals surface area contributed by atoms with Crippen molar-refractivity contribution < 1.29 is 13.2 Å². The van der Waals surface area contributed by atoms with Gasteiger partial charge in [0.25, 0.3) is 5.91 Å². The van der Waals surface area contributed by atoms with Gasteiger partial charge in [0.2, 0.25) is 0 Å². The van der Waals surface area contributed by atoms with Crippen molar-refractivity contribution in [3.05, 3.63) is 28.8 Å². The molecular weight excluding hydrogens is 264 g/mol. The summed E-state index contributed by atoms with van der Waals surface area (Å²) in [6.07, 6.45) is 0. The Balaban J connectivity index is 2.62. The summed E-state index contributed by atoms with van der Waals surface area (Å²) in [4.78, 5) is 12.0. The van der Waals surface area contributed by atoms with Crippen LogP contribution in [0.4, 0.5) is 5.69 Å². The van der Waals surface area contributed by atoms with Gasteiger partial charge in [-0.2, -0.15) is 8.42 Å². The fourth-order valence-corrected chi connectivity index (χ4v) is 3.30. The Bertz CT molecular complexity index is 583. The molecule has 1 heterocycles. The maximum absolute atomic E-state index is 12.0. The van der Waals surface area contributed by atoms with Crippen LogP contribution in [0.2, 0.25) is 5.02 Å². The first kappa shape index (κ1) is 12.2. The van der Waals surface area contributed by atoms with Crippen LogP contribution < -0.4 is 4.72 Å². The van der Waals surface area contributed by atoms with Crippen LogP contribution >= 0.6 is 11.6 Å². The van der Waals surface area contributed by atoms with Gasteiger partial charge in [-0.05, 0) is 32.0 Å². The maximum Gasteiger partial charge on any atom is 0.326 e. The van der Waals surface area contributed by atoms with E-state index in [9.17, 15) is 13.2 Å². The fraction of sp³-hybridized carbons (Fsp3) is 0.300. The molecule has 0 saturated heterocycles. The molecule has 1 aliphatic heterocycles. The van der Waals surface area contributed by atoms with Crippen molar-refractivity contribution in [2.24, 2.45) is 0 Å². The van der Waals surface area contributed by atoms with Crippen LogP contribution in [0.25, 0.3) is 0 Å². The second kappa shape index (κ2) is 3.89. The Hall–Kier alpha value is -1.27. The van der Waals surface area contributed by atoms with Crippen molar-refractivity contribution in [2.45, 2.75) is 19.9 Å². The molecule has 1 aromatic rings. The van der Waals surface area contributed by atoms with Crippen molar-refractivity contribution in [1.29, 1.82) is 0 Å². The molecule has 0 spiro atoms. The zero-order chi connectivity index (χ0) is 12.8. The van der Waals surface area contributed by atoms with Crippen LogP contribution in [0.5, 0.6) is 0 Å². The smallest absolute Gasteiger partial charge is 0.268 e. The lowest BCUT2D eigenvalue weighted by molar-refractivity contribution is 0.0834. The van der Waals surface area contributed by atoms with Crippen molar-refractivity contribution in [3.8, 4) is 0 Å². The quantitative estimate of drug-likeness (QED) is 0.850. The molecule has 1 aromatic carbocycles. The van der Waals surface area contributed by atoms with E-state index in [0.29, 0.717) is 10.6 Å². The molecule has 2 rings (SSSR count). The van der Waals surface area contributed by atoms with E-state index in [1.807, 2.05) is 0 Å². The summed E-state index contributed by atoms with van der Waals surface area (Å²) >= 11 is 5.76. The lowest BCUT2D eigenvalue weighted by Gasteiger charge is -2.31. The van der Waals surface area contributed by atoms with Gasteiger partial charge in [-0.25, -0.2) is 4.31 Å². The Labute approximate surface area is 105 Å². The third-order valence-electron chi connectivity index (χ3n) is 2.38. The van der Waals surface area contributed by atoms with E-state index in [1.54, 1.807) is 19.9 Å². The van der Waals surface area contributed by atoms with Crippen LogP contribution in [0, 0.1) is 0 Å². The Morgan fingerprint density at radius 2 is 2.00 bits per heavy atom. The predicted molar refractivity (Wildman–Crippen MR) is 65.3 cm³/mol. The molecule has 17 heavy (non-hydrogen) atoms. The van der Waals surface area contributed by atoms with Crippen LogP contribution in [0.15, 0.2) is 18.2 Å². The third-order valence-corrected chi connectivity index (χ3v) is 4.20. The molecule has 0 aromatic heterocycles. The number of anilines is 1. The van der Waals surface area contributed by atoms with Gasteiger partial charge in [0.05, 0.1) is 11.3 Å². The number of carbonyl (C=O) groups is 1. The number of benzene rings is 1. The van der Waals surface area contributed by atoms with Crippen LogP contribution in [-0.4, -0.2) is 24.7 Å². The Morgan fingerprint density at radius 3 is 2.59 bits per heavy atom. The number of amides is 1. The second-order valence-corrected chi connectivity index (χ2v) is 5.98. The van der Waals surface area contributed by atoms with E-state index < -0.39 is 22.2 Å². The monoisotopic (exact) mass is 274 g/mol. The first-order chi connectivity index (χ1) is 7.83. The minimum absolute atomic E-state index is 0.222. The maximum atomic E-state index is 12.0. The number of hydrogen-bond acceptors (Lipinski definition) is 3. The second-order valence-electron chi connectivity index (χ2n) is 3.99. The van der Waals surface area contributed by atoms with Crippen molar-refractivity contribution in [2.75, 3.05) is 4.72 Å². The highest BCUT2D eigenvalue weighted by atomic mass is 35.5. The van der Waals surface area contributed by atoms with Gasteiger partial charge in [0, 0.05) is 11.1 Å². The zero-order valence-corrected chi connectivity index (χ0v) is 10.8. The number of carbonyl (C=O) groups excluding carboxylic acids is 1. The van der Waals surface area contributed by atoms with Crippen LogP contribution in [0.1, 0.15) is 24.2 Å². The standard InChI is InChI=1S/C10H11ClN2O3S/c1-6(2)13-10(14)8-4-3-7(11)5-9(8)12-17(13,15)16/h3-6,12H,1-2H3. The molecule has 0 bridgehead atoms. The van der Waals surface area contributed by atoms with Gasteiger partial charge in [-0.3, -0.25) is 9.52 Å². The average Bonchev–Trinajstić information content (AvgIpc) is 2.13. The van der Waals surface area contributed by atoms with Crippen molar-refractivity contribution in [3.63, 3.8) is 0 Å². The molecule has 7 heteroatoms. The normalized spacial score (nSPS) is 17.9. The van der Waals surface area contributed by atoms with Crippen molar-refractivity contribution >= 4 is 33.4 Å². The minimum atomic E-state index is -3.83. The molecule has 5 nitrogen and oxygen atoms in total. The van der Waals surface area contributed by atoms with Gasteiger partial charge < -0.3 is 0 Å². The summed E-state index contributed by atoms with van der Waals surface area (Å²) in [5.41, 5.74) is 0.525. The molecule has 0 radical (unpaired) electrons. The molecule has 0 aliphatic carbocycles. The van der Waals surface area contributed by atoms with E-state index in [2.05, 4.69) is 4.72 Å². The highest BCUT2D eigenvalue weighted by molar-refractivity contribution is 7.91. The largest absolute Gasteiger partial charge is 0.326 e. The number of nitrogens with zero attached hydrogens (tertiary/aromatic N) is 1. The summed E-state index contributed by atoms with van der Waals surface area (Å²) in [7, 11) is -3.83. The highest BCUT2D eigenvalue weighted by Crippen LogP contribution is 2.29. The molecule has 0 unspecified atom stereocenters. The van der Waals surface area contributed by atoms with Crippen LogP contribution in [-0.2, 0) is 10.2 Å². The first-order valence-corrected chi connectivity index (χ1v) is 6.81. The van der Waals surface area contributed by atoms with E-state index in [-0.39, 0.29) is 5.69 Å². The summed E-state index contributed by atoms with van der Waals surface area (Å²) < 4.78 is 26.9. The molecule has 1 amide bonds. The number of hydrogen-bond donors (Lipinski definition) is 1. The van der Waals surface area contributed by atoms with Gasteiger partial charge in [0.15, 0.2) is 0 Å². The SMILES string of the molecule is CC(C)N1C(=O)c2ccc(Cl)cc2NS1(=O)=O. The highest BCUT2D eigenvalue weighted by Gasteiger charge is 2.37. The zero-order valence-electron chi connectivity index (χ0n) is 9.27. The van der Waals surface area contributed by atoms with E-state index in [1.165, 1.54) is 12.1 Å². The molecule has 0 atom stereocenters.